The Morgan fingerprint density at radius 2 is 2.00 bits per heavy atom. The summed E-state index contributed by atoms with van der Waals surface area (Å²) in [5.41, 5.74) is 0. The number of hydrogen-bond acceptors (Lipinski definition) is 0. The second-order valence-electron chi connectivity index (χ2n) is 5.77. The summed E-state index contributed by atoms with van der Waals surface area (Å²) in [6, 6.07) is 0. The summed E-state index contributed by atoms with van der Waals surface area (Å²) in [5, 5.41) is 0.411. The maximum absolute atomic E-state index is 6.30. The van der Waals surface area contributed by atoms with Crippen molar-refractivity contribution < 1.29 is 0 Å². The maximum atomic E-state index is 6.30. The van der Waals surface area contributed by atoms with Gasteiger partial charge in [0, 0.05) is 5.38 Å². The van der Waals surface area contributed by atoms with E-state index in [2.05, 4.69) is 13.8 Å². The molecule has 2 aliphatic carbocycles. The Morgan fingerprint density at radius 3 is 2.50 bits per heavy atom. The zero-order chi connectivity index (χ0) is 10.1. The molecule has 0 aromatic heterocycles. The molecule has 0 saturated heterocycles. The Hall–Kier alpha value is 0.290. The number of fused-ring (bicyclic) bond motifs is 2. The van der Waals surface area contributed by atoms with Crippen LogP contribution < -0.4 is 0 Å². The van der Waals surface area contributed by atoms with Crippen LogP contribution in [-0.2, 0) is 0 Å². The van der Waals surface area contributed by atoms with E-state index in [9.17, 15) is 0 Å². The molecule has 0 spiro atoms. The van der Waals surface area contributed by atoms with Gasteiger partial charge in [-0.2, -0.15) is 0 Å². The summed E-state index contributed by atoms with van der Waals surface area (Å²) < 4.78 is 0. The summed E-state index contributed by atoms with van der Waals surface area (Å²) in [5.74, 6) is 3.86. The van der Waals surface area contributed by atoms with E-state index in [1.165, 1.54) is 32.1 Å². The van der Waals surface area contributed by atoms with E-state index < -0.39 is 0 Å². The Labute approximate surface area is 93.4 Å². The van der Waals surface area contributed by atoms with Gasteiger partial charge in [-0.05, 0) is 55.8 Å². The Bertz CT molecular complexity index is 188. The van der Waals surface area contributed by atoms with Crippen molar-refractivity contribution in [2.24, 2.45) is 23.7 Å². The van der Waals surface area contributed by atoms with Gasteiger partial charge in [0.25, 0.3) is 0 Å². The zero-order valence-electron chi connectivity index (χ0n) is 9.51. The maximum Gasteiger partial charge on any atom is 0.0359 e. The van der Waals surface area contributed by atoms with E-state index in [0.29, 0.717) is 11.3 Å². The minimum absolute atomic E-state index is 0.411. The first-order chi connectivity index (χ1) is 6.66. The number of rotatable bonds is 4. The quantitative estimate of drug-likeness (QED) is 0.606. The van der Waals surface area contributed by atoms with Crippen LogP contribution in [0, 0.1) is 23.7 Å². The highest BCUT2D eigenvalue weighted by atomic mass is 35.5. The van der Waals surface area contributed by atoms with E-state index in [4.69, 9.17) is 11.6 Å². The average molecular weight is 215 g/mol. The van der Waals surface area contributed by atoms with E-state index >= 15 is 0 Å². The molecule has 2 fully saturated rings. The first kappa shape index (κ1) is 10.8. The molecule has 14 heavy (non-hydrogen) atoms. The van der Waals surface area contributed by atoms with E-state index in [-0.39, 0.29) is 0 Å². The second-order valence-corrected chi connectivity index (χ2v) is 6.33. The lowest BCUT2D eigenvalue weighted by molar-refractivity contribution is 0.301. The molecule has 0 radical (unpaired) electrons. The lowest BCUT2D eigenvalue weighted by Gasteiger charge is -2.23. The predicted molar refractivity (Wildman–Crippen MR) is 62.7 cm³/mol. The van der Waals surface area contributed by atoms with Gasteiger partial charge in [0.15, 0.2) is 0 Å². The van der Waals surface area contributed by atoms with E-state index in [1.54, 1.807) is 6.42 Å². The molecule has 0 N–H and O–H groups in total. The van der Waals surface area contributed by atoms with Gasteiger partial charge in [-0.1, -0.05) is 20.3 Å². The molecule has 82 valence electrons. The van der Waals surface area contributed by atoms with Crippen LogP contribution in [0.15, 0.2) is 0 Å². The number of halogens is 1. The molecular weight excluding hydrogens is 192 g/mol. The molecule has 0 heterocycles. The Kier molecular flexibility index (Phi) is 3.42. The van der Waals surface area contributed by atoms with Crippen molar-refractivity contribution in [1.82, 2.24) is 0 Å². The van der Waals surface area contributed by atoms with Crippen LogP contribution in [0.25, 0.3) is 0 Å². The minimum Gasteiger partial charge on any atom is -0.123 e. The van der Waals surface area contributed by atoms with Gasteiger partial charge in [0.05, 0.1) is 0 Å². The van der Waals surface area contributed by atoms with Gasteiger partial charge in [-0.15, -0.1) is 11.6 Å². The first-order valence-electron chi connectivity index (χ1n) is 6.31. The van der Waals surface area contributed by atoms with Crippen molar-refractivity contribution in [1.29, 1.82) is 0 Å². The normalized spacial score (nSPS) is 38.1. The smallest absolute Gasteiger partial charge is 0.0359 e. The average Bonchev–Trinajstić information content (AvgIpc) is 2.74. The highest BCUT2D eigenvalue weighted by molar-refractivity contribution is 6.20. The predicted octanol–water partition coefficient (Wildman–Crippen LogP) is 4.47. The molecule has 0 nitrogen and oxygen atoms in total. The molecule has 4 atom stereocenters. The zero-order valence-corrected chi connectivity index (χ0v) is 10.3. The SMILES string of the molecule is CC(C)C(Cl)CCC1CC2CCC1C2. The van der Waals surface area contributed by atoms with Gasteiger partial charge in [-0.3, -0.25) is 0 Å². The van der Waals surface area contributed by atoms with Crippen molar-refractivity contribution >= 4 is 11.6 Å². The van der Waals surface area contributed by atoms with Gasteiger partial charge in [0.2, 0.25) is 0 Å². The van der Waals surface area contributed by atoms with Gasteiger partial charge < -0.3 is 0 Å². The standard InChI is InChI=1S/C13H23Cl/c1-9(2)13(14)6-5-12-8-10-3-4-11(12)7-10/h9-13H,3-8H2,1-2H3. The lowest BCUT2D eigenvalue weighted by atomic mass is 9.84. The molecule has 0 amide bonds. The monoisotopic (exact) mass is 214 g/mol. The fourth-order valence-electron chi connectivity index (χ4n) is 3.44. The Morgan fingerprint density at radius 1 is 1.21 bits per heavy atom. The van der Waals surface area contributed by atoms with Gasteiger partial charge in [0.1, 0.15) is 0 Å². The highest BCUT2D eigenvalue weighted by Crippen LogP contribution is 2.50. The molecule has 2 saturated carbocycles. The molecule has 0 aromatic carbocycles. The molecule has 1 heteroatoms. The van der Waals surface area contributed by atoms with Crippen molar-refractivity contribution in [2.45, 2.75) is 57.7 Å². The van der Waals surface area contributed by atoms with Crippen molar-refractivity contribution in [2.75, 3.05) is 0 Å². The number of hydrogen-bond donors (Lipinski definition) is 0. The van der Waals surface area contributed by atoms with E-state index in [0.717, 1.165) is 17.8 Å². The van der Waals surface area contributed by atoms with Crippen LogP contribution in [0.3, 0.4) is 0 Å². The summed E-state index contributed by atoms with van der Waals surface area (Å²) >= 11 is 6.30. The first-order valence-corrected chi connectivity index (χ1v) is 6.74. The molecule has 2 bridgehead atoms. The molecule has 2 rings (SSSR count). The summed E-state index contributed by atoms with van der Waals surface area (Å²) in [6.07, 6.45) is 8.74. The Balaban J connectivity index is 1.71. The van der Waals surface area contributed by atoms with Crippen molar-refractivity contribution in [3.63, 3.8) is 0 Å². The van der Waals surface area contributed by atoms with Crippen LogP contribution in [0.2, 0.25) is 0 Å². The fraction of sp³-hybridized carbons (Fsp3) is 1.00. The van der Waals surface area contributed by atoms with Crippen LogP contribution in [0.4, 0.5) is 0 Å². The third-order valence-corrected chi connectivity index (χ3v) is 5.14. The molecule has 0 aromatic rings. The third-order valence-electron chi connectivity index (χ3n) is 4.42. The highest BCUT2D eigenvalue weighted by Gasteiger charge is 2.39. The molecular formula is C13H23Cl. The topological polar surface area (TPSA) is 0 Å². The van der Waals surface area contributed by atoms with Crippen LogP contribution >= 0.6 is 11.6 Å². The second kappa shape index (κ2) is 4.43. The van der Waals surface area contributed by atoms with Gasteiger partial charge in [-0.25, -0.2) is 0 Å². The third kappa shape index (κ3) is 2.27. The van der Waals surface area contributed by atoms with Gasteiger partial charge >= 0.3 is 0 Å². The summed E-state index contributed by atoms with van der Waals surface area (Å²) in [4.78, 5) is 0. The molecule has 4 unspecified atom stereocenters. The summed E-state index contributed by atoms with van der Waals surface area (Å²) in [7, 11) is 0. The summed E-state index contributed by atoms with van der Waals surface area (Å²) in [6.45, 7) is 4.47. The largest absolute Gasteiger partial charge is 0.123 e. The number of alkyl halides is 1. The molecule has 2 aliphatic rings. The van der Waals surface area contributed by atoms with Crippen LogP contribution in [-0.4, -0.2) is 5.38 Å². The van der Waals surface area contributed by atoms with E-state index in [1.807, 2.05) is 0 Å². The van der Waals surface area contributed by atoms with Crippen LogP contribution in [0.5, 0.6) is 0 Å². The van der Waals surface area contributed by atoms with Crippen LogP contribution in [0.1, 0.15) is 52.4 Å². The minimum atomic E-state index is 0.411. The van der Waals surface area contributed by atoms with Crippen molar-refractivity contribution in [3.05, 3.63) is 0 Å². The molecule has 0 aliphatic heterocycles. The van der Waals surface area contributed by atoms with Crippen molar-refractivity contribution in [3.8, 4) is 0 Å². The lowest BCUT2D eigenvalue weighted by Crippen LogP contribution is -2.14. The fourth-order valence-corrected chi connectivity index (χ4v) is 3.56.